The van der Waals surface area contributed by atoms with Crippen molar-refractivity contribution in [2.75, 3.05) is 7.11 Å². The third-order valence-corrected chi connectivity index (χ3v) is 4.81. The molecule has 1 aromatic heterocycles. The zero-order valence-electron chi connectivity index (χ0n) is 15.3. The Kier molecular flexibility index (Phi) is 5.62. The lowest BCUT2D eigenvalue weighted by Crippen LogP contribution is -2.15. The molecule has 0 radical (unpaired) electrons. The molecule has 2 aromatic carbocycles. The predicted molar refractivity (Wildman–Crippen MR) is 97.9 cm³/mol. The number of methoxy groups -OCH3 is 1. The number of nitrogens with two attached hydrogens (primary N) is 1. The average Bonchev–Trinajstić information content (AvgIpc) is 3.17. The molecule has 2 N–H and O–H groups in total. The number of ether oxygens (including phenoxy) is 2. The number of aromatic nitrogens is 2. The number of hydrogen-bond acceptors (Lipinski definition) is 8. The first-order chi connectivity index (χ1) is 13.7. The Hall–Kier alpha value is -3.31. The average molecular weight is 421 g/mol. The Morgan fingerprint density at radius 2 is 1.86 bits per heavy atom. The molecule has 3 aromatic rings. The second-order valence-corrected chi connectivity index (χ2v) is 7.47. The number of halogens is 1. The fraction of sp³-hybridized carbons (Fsp3) is 0.167. The van der Waals surface area contributed by atoms with E-state index in [4.69, 9.17) is 19.0 Å². The van der Waals surface area contributed by atoms with Crippen molar-refractivity contribution in [1.29, 1.82) is 0 Å². The molecule has 0 bridgehead atoms. The summed E-state index contributed by atoms with van der Waals surface area (Å²) in [7, 11) is -2.57. The van der Waals surface area contributed by atoms with E-state index in [0.717, 1.165) is 18.2 Å². The van der Waals surface area contributed by atoms with Crippen molar-refractivity contribution in [3.8, 4) is 17.2 Å². The summed E-state index contributed by atoms with van der Waals surface area (Å²) in [5, 5.41) is 12.7. The summed E-state index contributed by atoms with van der Waals surface area (Å²) in [6.45, 7) is 1.45. The molecule has 3 rings (SSSR count). The zero-order valence-corrected chi connectivity index (χ0v) is 16.1. The van der Waals surface area contributed by atoms with Gasteiger partial charge in [0.2, 0.25) is 15.9 Å². The molecule has 152 valence electrons. The van der Waals surface area contributed by atoms with Crippen molar-refractivity contribution in [3.05, 3.63) is 59.7 Å². The quantitative estimate of drug-likeness (QED) is 0.600. The van der Waals surface area contributed by atoms with Crippen LogP contribution < -0.4 is 9.88 Å². The maximum atomic E-state index is 14.0. The summed E-state index contributed by atoms with van der Waals surface area (Å²) >= 11 is 0. The molecule has 1 unspecified atom stereocenters. The summed E-state index contributed by atoms with van der Waals surface area (Å²) in [4.78, 5) is 11.9. The Morgan fingerprint density at radius 1 is 1.17 bits per heavy atom. The number of primary sulfonamides is 1. The SMILES string of the molecule is COc1ccc(-c2nnc(C(C)OC(=O)c3cc(S(N)(=O)=O)ccc3F)o2)cc1. The van der Waals surface area contributed by atoms with Crippen molar-refractivity contribution >= 4 is 16.0 Å². The van der Waals surface area contributed by atoms with Gasteiger partial charge in [-0.3, -0.25) is 0 Å². The van der Waals surface area contributed by atoms with Gasteiger partial charge in [-0.2, -0.15) is 0 Å². The number of nitrogens with zero attached hydrogens (tertiary/aromatic N) is 2. The molecule has 11 heteroatoms. The van der Waals surface area contributed by atoms with Crippen LogP contribution in [0.25, 0.3) is 11.5 Å². The lowest BCUT2D eigenvalue weighted by Gasteiger charge is -2.10. The van der Waals surface area contributed by atoms with Crippen LogP contribution in [-0.2, 0) is 14.8 Å². The van der Waals surface area contributed by atoms with Crippen LogP contribution in [0.2, 0.25) is 0 Å². The van der Waals surface area contributed by atoms with E-state index in [9.17, 15) is 17.6 Å². The Balaban J connectivity index is 1.78. The van der Waals surface area contributed by atoms with Gasteiger partial charge >= 0.3 is 5.97 Å². The highest BCUT2D eigenvalue weighted by Gasteiger charge is 2.23. The largest absolute Gasteiger partial charge is 0.497 e. The molecule has 0 spiro atoms. The van der Waals surface area contributed by atoms with E-state index in [1.807, 2.05) is 0 Å². The number of carbonyl (C=O) groups is 1. The Labute approximate surface area is 165 Å². The fourth-order valence-corrected chi connectivity index (χ4v) is 2.90. The van der Waals surface area contributed by atoms with Crippen LogP contribution in [0.15, 0.2) is 51.8 Å². The summed E-state index contributed by atoms with van der Waals surface area (Å²) in [5.41, 5.74) is 0.0354. The number of carbonyl (C=O) groups excluding carboxylic acids is 1. The smallest absolute Gasteiger partial charge is 0.341 e. The maximum Gasteiger partial charge on any atom is 0.341 e. The van der Waals surface area contributed by atoms with Crippen molar-refractivity contribution in [2.45, 2.75) is 17.9 Å². The van der Waals surface area contributed by atoms with Crippen LogP contribution in [0.4, 0.5) is 4.39 Å². The predicted octanol–water partition coefficient (Wildman–Crippen LogP) is 2.45. The lowest BCUT2D eigenvalue weighted by atomic mass is 10.2. The summed E-state index contributed by atoms with van der Waals surface area (Å²) < 4.78 is 52.5. The molecule has 0 saturated carbocycles. The molecular weight excluding hydrogens is 405 g/mol. The van der Waals surface area contributed by atoms with Gasteiger partial charge in [0, 0.05) is 5.56 Å². The van der Waals surface area contributed by atoms with E-state index in [2.05, 4.69) is 10.2 Å². The second kappa shape index (κ2) is 7.97. The lowest BCUT2D eigenvalue weighted by molar-refractivity contribution is 0.0274. The molecule has 0 aliphatic heterocycles. The van der Waals surface area contributed by atoms with Gasteiger partial charge in [0.15, 0.2) is 6.10 Å². The number of rotatable bonds is 6. The van der Waals surface area contributed by atoms with Crippen LogP contribution in [0.5, 0.6) is 5.75 Å². The highest BCUT2D eigenvalue weighted by atomic mass is 32.2. The number of benzene rings is 2. The Bertz CT molecular complexity index is 1140. The first-order valence-corrected chi connectivity index (χ1v) is 9.75. The normalized spacial score (nSPS) is 12.4. The fourth-order valence-electron chi connectivity index (χ4n) is 2.36. The molecular formula is C18H16FN3O6S. The van der Waals surface area contributed by atoms with Gasteiger partial charge in [0.25, 0.3) is 5.89 Å². The van der Waals surface area contributed by atoms with Crippen LogP contribution in [0, 0.1) is 5.82 Å². The molecule has 0 aliphatic carbocycles. The molecule has 1 heterocycles. The van der Waals surface area contributed by atoms with E-state index in [0.29, 0.717) is 11.3 Å². The van der Waals surface area contributed by atoms with Crippen molar-refractivity contribution < 1.29 is 31.5 Å². The number of sulfonamides is 1. The first-order valence-electron chi connectivity index (χ1n) is 8.20. The zero-order chi connectivity index (χ0) is 21.2. The van der Waals surface area contributed by atoms with Crippen LogP contribution >= 0.6 is 0 Å². The van der Waals surface area contributed by atoms with E-state index >= 15 is 0 Å². The van der Waals surface area contributed by atoms with E-state index in [-0.39, 0.29) is 11.8 Å². The van der Waals surface area contributed by atoms with Crippen molar-refractivity contribution in [2.24, 2.45) is 5.14 Å². The summed E-state index contributed by atoms with van der Waals surface area (Å²) in [6.07, 6.45) is -1.01. The minimum atomic E-state index is -4.11. The maximum absolute atomic E-state index is 14.0. The first kappa shape index (κ1) is 20.4. The van der Waals surface area contributed by atoms with Gasteiger partial charge < -0.3 is 13.9 Å². The summed E-state index contributed by atoms with van der Waals surface area (Å²) in [5.74, 6) is -1.25. The minimum Gasteiger partial charge on any atom is -0.497 e. The molecule has 0 saturated heterocycles. The monoisotopic (exact) mass is 421 g/mol. The minimum absolute atomic E-state index is 0.0211. The Morgan fingerprint density at radius 3 is 2.48 bits per heavy atom. The van der Waals surface area contributed by atoms with E-state index < -0.39 is 38.4 Å². The van der Waals surface area contributed by atoms with Crippen LogP contribution in [-0.4, -0.2) is 31.7 Å². The topological polar surface area (TPSA) is 135 Å². The molecule has 1 atom stereocenters. The van der Waals surface area contributed by atoms with E-state index in [1.54, 1.807) is 24.3 Å². The number of hydrogen-bond donors (Lipinski definition) is 1. The molecule has 0 aliphatic rings. The highest BCUT2D eigenvalue weighted by Crippen LogP contribution is 2.25. The number of esters is 1. The third-order valence-electron chi connectivity index (χ3n) is 3.90. The van der Waals surface area contributed by atoms with Crippen molar-refractivity contribution in [1.82, 2.24) is 10.2 Å². The van der Waals surface area contributed by atoms with Crippen LogP contribution in [0.1, 0.15) is 29.3 Å². The van der Waals surface area contributed by atoms with Gasteiger partial charge in [-0.25, -0.2) is 22.7 Å². The third kappa shape index (κ3) is 4.58. The van der Waals surface area contributed by atoms with Gasteiger partial charge in [-0.15, -0.1) is 10.2 Å². The van der Waals surface area contributed by atoms with Crippen LogP contribution in [0.3, 0.4) is 0 Å². The highest BCUT2D eigenvalue weighted by molar-refractivity contribution is 7.89. The molecule has 0 amide bonds. The van der Waals surface area contributed by atoms with Crippen molar-refractivity contribution in [3.63, 3.8) is 0 Å². The molecule has 9 nitrogen and oxygen atoms in total. The molecule has 29 heavy (non-hydrogen) atoms. The summed E-state index contributed by atoms with van der Waals surface area (Å²) in [6, 6.07) is 9.41. The second-order valence-electron chi connectivity index (χ2n) is 5.91. The van der Waals surface area contributed by atoms with Gasteiger partial charge in [0.1, 0.15) is 11.6 Å². The van der Waals surface area contributed by atoms with E-state index in [1.165, 1.54) is 14.0 Å². The van der Waals surface area contributed by atoms with Gasteiger partial charge in [0.05, 0.1) is 17.6 Å². The van der Waals surface area contributed by atoms with Gasteiger partial charge in [-0.1, -0.05) is 0 Å². The standard InChI is InChI=1S/C18H16FN3O6S/c1-10(16-21-22-17(28-16)11-3-5-12(26-2)6-4-11)27-18(23)14-9-13(29(20,24)25)7-8-15(14)19/h3-10H,1-2H3,(H2,20,24,25). The molecule has 0 fully saturated rings. The van der Waals surface area contributed by atoms with Gasteiger partial charge in [-0.05, 0) is 49.4 Å².